The minimum Gasteiger partial charge on any atom is -0.486 e. The van der Waals surface area contributed by atoms with Gasteiger partial charge in [-0.15, -0.1) is 0 Å². The van der Waals surface area contributed by atoms with Crippen molar-refractivity contribution >= 4 is 10.2 Å². The largest absolute Gasteiger partial charge is 0.486 e. The Balaban J connectivity index is 1.69. The predicted molar refractivity (Wildman–Crippen MR) is 92.5 cm³/mol. The van der Waals surface area contributed by atoms with Crippen molar-refractivity contribution in [2.75, 3.05) is 27.3 Å². The molecule has 6 nitrogen and oxygen atoms in total. The number of ether oxygens (including phenoxy) is 2. The average Bonchev–Trinajstić information content (AvgIpc) is 2.61. The Labute approximate surface area is 144 Å². The second kappa shape index (κ2) is 7.29. The average molecular weight is 354 g/mol. The molecule has 1 aliphatic carbocycles. The van der Waals surface area contributed by atoms with E-state index in [1.165, 1.54) is 10.7 Å². The molecule has 134 valence electrons. The number of nitrogens with zero attached hydrogens (tertiary/aromatic N) is 2. The number of hydrogen-bond acceptors (Lipinski definition) is 4. The summed E-state index contributed by atoms with van der Waals surface area (Å²) in [7, 11) is -0.133. The first-order chi connectivity index (χ1) is 11.5. The van der Waals surface area contributed by atoms with Gasteiger partial charge in [-0.25, -0.2) is 0 Å². The summed E-state index contributed by atoms with van der Waals surface area (Å²) < 4.78 is 39.7. The van der Waals surface area contributed by atoms with Crippen LogP contribution in [0.2, 0.25) is 0 Å². The zero-order chi connectivity index (χ0) is 17.2. The third-order valence-corrected chi connectivity index (χ3v) is 6.80. The van der Waals surface area contributed by atoms with E-state index in [-0.39, 0.29) is 6.04 Å². The first-order valence-corrected chi connectivity index (χ1v) is 9.96. The van der Waals surface area contributed by atoms with Crippen LogP contribution < -0.4 is 9.47 Å². The lowest BCUT2D eigenvalue weighted by atomic mass is 9.96. The van der Waals surface area contributed by atoms with Gasteiger partial charge in [0, 0.05) is 26.7 Å². The summed E-state index contributed by atoms with van der Waals surface area (Å²) in [5.41, 5.74) is 0.891. The molecule has 0 saturated heterocycles. The van der Waals surface area contributed by atoms with E-state index in [0.717, 1.165) is 37.0 Å². The molecule has 1 aromatic carbocycles. The van der Waals surface area contributed by atoms with E-state index in [1.807, 2.05) is 18.2 Å². The standard InChI is InChI=1S/C17H26N2O4S/c1-18(24(20,21)19(2)15-6-4-3-5-7-15)13-14-8-9-16-17(12-14)23-11-10-22-16/h8-9,12,15H,3-7,10-11,13H2,1-2H3. The molecule has 7 heteroatoms. The van der Waals surface area contributed by atoms with Crippen molar-refractivity contribution in [2.24, 2.45) is 0 Å². The van der Waals surface area contributed by atoms with Crippen molar-refractivity contribution in [1.29, 1.82) is 0 Å². The van der Waals surface area contributed by atoms with E-state index < -0.39 is 10.2 Å². The number of hydrogen-bond donors (Lipinski definition) is 0. The van der Waals surface area contributed by atoms with Gasteiger partial charge in [-0.3, -0.25) is 0 Å². The van der Waals surface area contributed by atoms with Gasteiger partial charge in [0.15, 0.2) is 11.5 Å². The second-order valence-corrected chi connectivity index (χ2v) is 8.64. The maximum absolute atomic E-state index is 12.8. The van der Waals surface area contributed by atoms with E-state index in [4.69, 9.17) is 9.47 Å². The van der Waals surface area contributed by atoms with Crippen molar-refractivity contribution in [2.45, 2.75) is 44.7 Å². The summed E-state index contributed by atoms with van der Waals surface area (Å²) in [5, 5.41) is 0. The lowest BCUT2D eigenvalue weighted by molar-refractivity contribution is 0.171. The molecule has 1 fully saturated rings. The van der Waals surface area contributed by atoms with Crippen LogP contribution in [0.4, 0.5) is 0 Å². The SMILES string of the molecule is CN(Cc1ccc2c(c1)OCCO2)S(=O)(=O)N(C)C1CCCCC1. The van der Waals surface area contributed by atoms with E-state index in [0.29, 0.717) is 25.5 Å². The van der Waals surface area contributed by atoms with Crippen LogP contribution in [0.1, 0.15) is 37.7 Å². The Morgan fingerprint density at radius 2 is 1.71 bits per heavy atom. The Morgan fingerprint density at radius 1 is 1.04 bits per heavy atom. The van der Waals surface area contributed by atoms with Crippen molar-refractivity contribution in [3.05, 3.63) is 23.8 Å². The van der Waals surface area contributed by atoms with Crippen LogP contribution in [0.25, 0.3) is 0 Å². The number of rotatable bonds is 5. The monoisotopic (exact) mass is 354 g/mol. The number of benzene rings is 1. The number of fused-ring (bicyclic) bond motifs is 1. The third-order valence-electron chi connectivity index (χ3n) is 4.86. The van der Waals surface area contributed by atoms with Gasteiger partial charge in [-0.1, -0.05) is 25.3 Å². The van der Waals surface area contributed by atoms with Crippen LogP contribution in [0.15, 0.2) is 18.2 Å². The fraction of sp³-hybridized carbons (Fsp3) is 0.647. The van der Waals surface area contributed by atoms with E-state index in [2.05, 4.69) is 0 Å². The summed E-state index contributed by atoms with van der Waals surface area (Å²) in [4.78, 5) is 0. The minimum absolute atomic E-state index is 0.117. The molecular weight excluding hydrogens is 328 g/mol. The predicted octanol–water partition coefficient (Wildman–Crippen LogP) is 2.40. The fourth-order valence-electron chi connectivity index (χ4n) is 3.38. The lowest BCUT2D eigenvalue weighted by Crippen LogP contribution is -2.45. The van der Waals surface area contributed by atoms with E-state index >= 15 is 0 Å². The molecule has 3 rings (SSSR count). The van der Waals surface area contributed by atoms with Gasteiger partial charge < -0.3 is 9.47 Å². The van der Waals surface area contributed by atoms with Crippen molar-refractivity contribution in [1.82, 2.24) is 8.61 Å². The van der Waals surface area contributed by atoms with Crippen molar-refractivity contribution < 1.29 is 17.9 Å². The van der Waals surface area contributed by atoms with Gasteiger partial charge in [-0.2, -0.15) is 17.0 Å². The molecule has 0 bridgehead atoms. The summed E-state index contributed by atoms with van der Waals surface area (Å²) in [6, 6.07) is 5.71. The molecule has 0 unspecified atom stereocenters. The Morgan fingerprint density at radius 3 is 2.42 bits per heavy atom. The summed E-state index contributed by atoms with van der Waals surface area (Å²) in [6.07, 6.45) is 5.32. The third kappa shape index (κ3) is 3.68. The molecule has 0 N–H and O–H groups in total. The highest BCUT2D eigenvalue weighted by atomic mass is 32.2. The molecule has 1 heterocycles. The van der Waals surface area contributed by atoms with Gasteiger partial charge in [-0.05, 0) is 30.5 Å². The maximum Gasteiger partial charge on any atom is 0.282 e. The van der Waals surface area contributed by atoms with Gasteiger partial charge >= 0.3 is 0 Å². The molecular formula is C17H26N2O4S. The fourth-order valence-corrected chi connectivity index (χ4v) is 4.72. The van der Waals surface area contributed by atoms with Gasteiger partial charge in [0.2, 0.25) is 0 Å². The van der Waals surface area contributed by atoms with Crippen molar-refractivity contribution in [3.8, 4) is 11.5 Å². The maximum atomic E-state index is 12.8. The Kier molecular flexibility index (Phi) is 5.32. The van der Waals surface area contributed by atoms with Gasteiger partial charge in [0.05, 0.1) is 0 Å². The molecule has 1 aromatic rings. The zero-order valence-corrected chi connectivity index (χ0v) is 15.2. The van der Waals surface area contributed by atoms with E-state index in [1.54, 1.807) is 18.4 Å². The van der Waals surface area contributed by atoms with Crippen LogP contribution >= 0.6 is 0 Å². The molecule has 0 aromatic heterocycles. The summed E-state index contributed by atoms with van der Waals surface area (Å²) in [6.45, 7) is 1.39. The molecule has 2 aliphatic rings. The minimum atomic E-state index is -3.46. The zero-order valence-electron chi connectivity index (χ0n) is 14.4. The first-order valence-electron chi connectivity index (χ1n) is 8.56. The molecule has 0 spiro atoms. The van der Waals surface area contributed by atoms with Crippen LogP contribution in [0.5, 0.6) is 11.5 Å². The highest BCUT2D eigenvalue weighted by Gasteiger charge is 2.31. The van der Waals surface area contributed by atoms with Gasteiger partial charge in [0.1, 0.15) is 13.2 Å². The molecule has 0 radical (unpaired) electrons. The quantitative estimate of drug-likeness (QED) is 0.815. The Hall–Kier alpha value is -1.31. The van der Waals surface area contributed by atoms with Gasteiger partial charge in [0.25, 0.3) is 10.2 Å². The van der Waals surface area contributed by atoms with Crippen LogP contribution in [0, 0.1) is 0 Å². The topological polar surface area (TPSA) is 59.1 Å². The smallest absolute Gasteiger partial charge is 0.282 e. The highest BCUT2D eigenvalue weighted by Crippen LogP contribution is 2.31. The van der Waals surface area contributed by atoms with Crippen LogP contribution in [-0.4, -0.2) is 50.4 Å². The van der Waals surface area contributed by atoms with E-state index in [9.17, 15) is 8.42 Å². The normalized spacial score (nSPS) is 19.0. The molecule has 0 atom stereocenters. The highest BCUT2D eigenvalue weighted by molar-refractivity contribution is 7.86. The molecule has 1 aliphatic heterocycles. The first kappa shape index (κ1) is 17.5. The lowest BCUT2D eigenvalue weighted by Gasteiger charge is -2.33. The van der Waals surface area contributed by atoms with Crippen molar-refractivity contribution in [3.63, 3.8) is 0 Å². The second-order valence-electron chi connectivity index (χ2n) is 6.55. The summed E-state index contributed by atoms with van der Waals surface area (Å²) >= 11 is 0. The summed E-state index contributed by atoms with van der Waals surface area (Å²) in [5.74, 6) is 1.40. The van der Waals surface area contributed by atoms with Crippen LogP contribution in [-0.2, 0) is 16.8 Å². The molecule has 0 amide bonds. The molecule has 1 saturated carbocycles. The molecule has 24 heavy (non-hydrogen) atoms. The van der Waals surface area contributed by atoms with Crippen LogP contribution in [0.3, 0.4) is 0 Å². The Bertz CT molecular complexity index is 671.